The van der Waals surface area contributed by atoms with Crippen molar-refractivity contribution < 1.29 is 13.3 Å². The topological polar surface area (TPSA) is 156 Å². The molecule has 2 aromatic heterocycles. The van der Waals surface area contributed by atoms with Gasteiger partial charge in [-0.25, -0.2) is 24.0 Å². The average molecular weight is 318 g/mol. The molecule has 2 aromatic rings. The number of sulfonamides is 1. The number of H-pyrrole nitrogens is 1. The summed E-state index contributed by atoms with van der Waals surface area (Å²) < 4.78 is 26.1. The number of anilines is 1. The van der Waals surface area contributed by atoms with Gasteiger partial charge in [-0.2, -0.15) is 0 Å². The monoisotopic (exact) mass is 318 g/mol. The smallest absolute Gasteiger partial charge is 0.306 e. The van der Waals surface area contributed by atoms with Crippen molar-refractivity contribution >= 4 is 32.0 Å². The summed E-state index contributed by atoms with van der Waals surface area (Å²) in [7, 11) is -3.86. The highest BCUT2D eigenvalue weighted by Crippen LogP contribution is 2.36. The van der Waals surface area contributed by atoms with Crippen LogP contribution in [0, 0.1) is 10.1 Å². The van der Waals surface area contributed by atoms with E-state index in [1.807, 2.05) is 0 Å². The van der Waals surface area contributed by atoms with E-state index in [0.29, 0.717) is 17.0 Å². The van der Waals surface area contributed by atoms with Gasteiger partial charge in [-0.15, -0.1) is 0 Å². The molecule has 0 aliphatic heterocycles. The maximum atomic E-state index is 12.0. The highest BCUT2D eigenvalue weighted by atomic mass is 32.2. The SMILES string of the molecule is NNc1sc(S(=O)(=O)NCc2cnc[nH]2)cc1[N+](=O)[O-]. The third kappa shape index (κ3) is 2.93. The van der Waals surface area contributed by atoms with Crippen LogP contribution in [0.5, 0.6) is 0 Å². The molecule has 2 heterocycles. The van der Waals surface area contributed by atoms with E-state index in [9.17, 15) is 18.5 Å². The second kappa shape index (κ2) is 5.54. The summed E-state index contributed by atoms with van der Waals surface area (Å²) in [5, 5.41) is 10.7. The highest BCUT2D eigenvalue weighted by molar-refractivity contribution is 7.91. The van der Waals surface area contributed by atoms with Gasteiger partial charge in [-0.1, -0.05) is 11.3 Å². The van der Waals surface area contributed by atoms with E-state index >= 15 is 0 Å². The van der Waals surface area contributed by atoms with E-state index in [1.54, 1.807) is 0 Å². The summed E-state index contributed by atoms with van der Waals surface area (Å²) in [6, 6.07) is 0.954. The molecule has 0 radical (unpaired) electrons. The molecule has 0 saturated carbocycles. The van der Waals surface area contributed by atoms with Crippen molar-refractivity contribution in [2.75, 3.05) is 5.43 Å². The van der Waals surface area contributed by atoms with Gasteiger partial charge in [-0.3, -0.25) is 10.1 Å². The number of nitrogen functional groups attached to an aromatic ring is 1. The van der Waals surface area contributed by atoms with Crippen LogP contribution in [0.4, 0.5) is 10.7 Å². The van der Waals surface area contributed by atoms with Crippen LogP contribution in [0.3, 0.4) is 0 Å². The second-order valence-corrected chi connectivity index (χ2v) is 6.63. The number of nitrogens with two attached hydrogens (primary N) is 1. The number of rotatable bonds is 6. The van der Waals surface area contributed by atoms with Crippen molar-refractivity contribution in [2.45, 2.75) is 10.8 Å². The third-order valence-electron chi connectivity index (χ3n) is 2.29. The lowest BCUT2D eigenvalue weighted by atomic mass is 10.5. The zero-order chi connectivity index (χ0) is 14.8. The Hall–Kier alpha value is -2.02. The first-order valence-corrected chi connectivity index (χ1v) is 7.46. The van der Waals surface area contributed by atoms with Crippen LogP contribution in [0.25, 0.3) is 0 Å². The minimum atomic E-state index is -3.86. The predicted molar refractivity (Wildman–Crippen MR) is 71.4 cm³/mol. The summed E-state index contributed by atoms with van der Waals surface area (Å²) in [5.74, 6) is 5.12. The molecule has 0 unspecified atom stereocenters. The Labute approximate surface area is 117 Å². The van der Waals surface area contributed by atoms with E-state index in [1.165, 1.54) is 12.5 Å². The number of nitrogens with one attached hydrogen (secondary N) is 3. The number of hydrazine groups is 1. The lowest BCUT2D eigenvalue weighted by Crippen LogP contribution is -2.22. The summed E-state index contributed by atoms with van der Waals surface area (Å²) in [4.78, 5) is 16.5. The van der Waals surface area contributed by atoms with E-state index in [-0.39, 0.29) is 21.4 Å². The molecule has 0 bridgehead atoms. The molecule has 10 nitrogen and oxygen atoms in total. The lowest BCUT2D eigenvalue weighted by molar-refractivity contribution is -0.383. The third-order valence-corrected chi connectivity index (χ3v) is 5.22. The Balaban J connectivity index is 2.23. The number of nitrogens with zero attached hydrogens (tertiary/aromatic N) is 2. The molecular formula is C8H10N6O4S2. The number of hydrogen-bond donors (Lipinski definition) is 4. The van der Waals surface area contributed by atoms with Crippen molar-refractivity contribution in [3.05, 3.63) is 34.4 Å². The van der Waals surface area contributed by atoms with Gasteiger partial charge < -0.3 is 10.4 Å². The zero-order valence-electron chi connectivity index (χ0n) is 9.86. The van der Waals surface area contributed by atoms with Crippen LogP contribution in [-0.4, -0.2) is 23.3 Å². The number of nitro groups is 1. The van der Waals surface area contributed by atoms with Crippen LogP contribution in [0.15, 0.2) is 22.8 Å². The maximum absolute atomic E-state index is 12.0. The van der Waals surface area contributed by atoms with Crippen LogP contribution >= 0.6 is 11.3 Å². The summed E-state index contributed by atoms with van der Waals surface area (Å²) in [5.41, 5.74) is 2.28. The molecular weight excluding hydrogens is 308 g/mol. The van der Waals surface area contributed by atoms with Crippen molar-refractivity contribution in [1.82, 2.24) is 14.7 Å². The molecule has 0 fully saturated rings. The van der Waals surface area contributed by atoms with Gasteiger partial charge in [0.25, 0.3) is 10.0 Å². The van der Waals surface area contributed by atoms with E-state index in [4.69, 9.17) is 5.84 Å². The van der Waals surface area contributed by atoms with Crippen LogP contribution < -0.4 is 16.0 Å². The van der Waals surface area contributed by atoms with Crippen molar-refractivity contribution in [1.29, 1.82) is 0 Å². The molecule has 0 aliphatic rings. The molecule has 108 valence electrons. The Morgan fingerprint density at radius 1 is 1.55 bits per heavy atom. The second-order valence-electron chi connectivity index (χ2n) is 3.58. The van der Waals surface area contributed by atoms with Gasteiger partial charge in [0, 0.05) is 18.0 Å². The van der Waals surface area contributed by atoms with E-state index in [0.717, 1.165) is 6.07 Å². The Kier molecular flexibility index (Phi) is 3.99. The molecule has 0 aliphatic carbocycles. The molecule has 20 heavy (non-hydrogen) atoms. The lowest BCUT2D eigenvalue weighted by Gasteiger charge is -2.02. The van der Waals surface area contributed by atoms with Crippen molar-refractivity contribution in [2.24, 2.45) is 5.84 Å². The number of hydrogen-bond acceptors (Lipinski definition) is 8. The average Bonchev–Trinajstić information content (AvgIpc) is 3.05. The fourth-order valence-corrected chi connectivity index (χ4v) is 3.65. The van der Waals surface area contributed by atoms with Crippen LogP contribution in [0.1, 0.15) is 5.69 Å². The van der Waals surface area contributed by atoms with Crippen molar-refractivity contribution in [3.8, 4) is 0 Å². The normalized spacial score (nSPS) is 11.4. The minimum Gasteiger partial charge on any atom is -0.347 e. The largest absolute Gasteiger partial charge is 0.347 e. The quantitative estimate of drug-likeness (QED) is 0.335. The molecule has 0 saturated heterocycles. The Bertz CT molecular complexity index is 707. The Morgan fingerprint density at radius 3 is 2.80 bits per heavy atom. The Morgan fingerprint density at radius 2 is 2.30 bits per heavy atom. The fraction of sp³-hybridized carbons (Fsp3) is 0.125. The van der Waals surface area contributed by atoms with E-state index in [2.05, 4.69) is 20.1 Å². The molecule has 0 spiro atoms. The molecule has 12 heteroatoms. The number of aromatic nitrogens is 2. The number of thiophene rings is 1. The zero-order valence-corrected chi connectivity index (χ0v) is 11.5. The van der Waals surface area contributed by atoms with Gasteiger partial charge in [-0.05, 0) is 0 Å². The molecule has 5 N–H and O–H groups in total. The van der Waals surface area contributed by atoms with Crippen molar-refractivity contribution in [3.63, 3.8) is 0 Å². The van der Waals surface area contributed by atoms with Crippen LogP contribution in [-0.2, 0) is 16.6 Å². The van der Waals surface area contributed by atoms with Gasteiger partial charge >= 0.3 is 5.69 Å². The standard InChI is InChI=1S/C8H10N6O4S2/c9-13-8-6(14(15)16)1-7(19-8)20(17,18)12-3-5-2-10-4-11-5/h1-2,4,12-13H,3,9H2,(H,10,11). The van der Waals surface area contributed by atoms with E-state index < -0.39 is 14.9 Å². The molecule has 0 aromatic carbocycles. The number of aromatic amines is 1. The minimum absolute atomic E-state index is 0.000578. The summed E-state index contributed by atoms with van der Waals surface area (Å²) in [6.45, 7) is -0.000578. The molecule has 2 rings (SSSR count). The van der Waals surface area contributed by atoms with Gasteiger partial charge in [0.05, 0.1) is 17.8 Å². The van der Waals surface area contributed by atoms with Gasteiger partial charge in [0.2, 0.25) is 0 Å². The summed E-state index contributed by atoms with van der Waals surface area (Å²) >= 11 is 0.678. The molecule has 0 atom stereocenters. The first-order valence-electron chi connectivity index (χ1n) is 5.16. The number of imidazole rings is 1. The first-order chi connectivity index (χ1) is 9.44. The maximum Gasteiger partial charge on any atom is 0.306 e. The fourth-order valence-electron chi connectivity index (χ4n) is 1.36. The first kappa shape index (κ1) is 14.4. The summed E-state index contributed by atoms with van der Waals surface area (Å²) in [6.07, 6.45) is 2.88. The van der Waals surface area contributed by atoms with Gasteiger partial charge in [0.15, 0.2) is 5.00 Å². The highest BCUT2D eigenvalue weighted by Gasteiger charge is 2.25. The molecule has 0 amide bonds. The van der Waals surface area contributed by atoms with Gasteiger partial charge in [0.1, 0.15) is 4.21 Å². The van der Waals surface area contributed by atoms with Crippen LogP contribution in [0.2, 0.25) is 0 Å². The predicted octanol–water partition coefficient (Wildman–Crippen LogP) is 0.143.